The molecule has 0 fully saturated rings. The van der Waals surface area contributed by atoms with E-state index in [1.165, 1.54) is 12.1 Å². The van der Waals surface area contributed by atoms with Crippen LogP contribution in [0.1, 0.15) is 11.1 Å². The van der Waals surface area contributed by atoms with Gasteiger partial charge in [0.15, 0.2) is 18.2 Å². The van der Waals surface area contributed by atoms with Gasteiger partial charge in [-0.25, -0.2) is 9.18 Å². The van der Waals surface area contributed by atoms with Crippen LogP contribution in [0.25, 0.3) is 11.1 Å². The lowest BCUT2D eigenvalue weighted by Gasteiger charge is -2.12. The predicted octanol–water partition coefficient (Wildman–Crippen LogP) is 4.89. The Kier molecular flexibility index (Phi) is 6.34. The maximum Gasteiger partial charge on any atom is 0.341 e. The first-order chi connectivity index (χ1) is 14.0. The van der Waals surface area contributed by atoms with E-state index in [-0.39, 0.29) is 5.75 Å². The Morgan fingerprint density at radius 3 is 2.62 bits per heavy atom. The third-order valence-electron chi connectivity index (χ3n) is 4.45. The number of halogens is 1. The Bertz CT molecular complexity index is 1020. The van der Waals surface area contributed by atoms with E-state index in [0.29, 0.717) is 12.2 Å². The van der Waals surface area contributed by atoms with E-state index in [4.69, 9.17) is 14.6 Å². The van der Waals surface area contributed by atoms with Crippen LogP contribution in [0, 0.1) is 12.7 Å². The van der Waals surface area contributed by atoms with Gasteiger partial charge in [-0.2, -0.15) is 0 Å². The number of aryl methyl sites for hydroxylation is 1. The number of carboxylic acids is 1. The second-order valence-corrected chi connectivity index (χ2v) is 6.56. The zero-order valence-corrected chi connectivity index (χ0v) is 16.2. The number of anilines is 1. The first-order valence-electron chi connectivity index (χ1n) is 9.08. The largest absolute Gasteiger partial charge is 0.497 e. The van der Waals surface area contributed by atoms with Crippen molar-refractivity contribution in [2.45, 2.75) is 13.5 Å². The molecule has 0 radical (unpaired) electrons. The van der Waals surface area contributed by atoms with Crippen molar-refractivity contribution in [3.8, 4) is 22.6 Å². The fraction of sp³-hybridized carbons (Fsp3) is 0.174. The molecular formula is C23H22FNO4. The highest BCUT2D eigenvalue weighted by Gasteiger charge is 2.08. The number of carbonyl (C=O) groups is 1. The van der Waals surface area contributed by atoms with E-state index in [2.05, 4.69) is 11.4 Å². The normalized spacial score (nSPS) is 10.4. The molecule has 0 aliphatic carbocycles. The Morgan fingerprint density at radius 1 is 1.10 bits per heavy atom. The minimum absolute atomic E-state index is 0.0880. The summed E-state index contributed by atoms with van der Waals surface area (Å²) in [5, 5.41) is 11.8. The monoisotopic (exact) mass is 395 g/mol. The van der Waals surface area contributed by atoms with E-state index in [1.54, 1.807) is 13.2 Å². The molecule has 0 bridgehead atoms. The van der Waals surface area contributed by atoms with Gasteiger partial charge in [-0.15, -0.1) is 0 Å². The molecule has 5 nitrogen and oxygen atoms in total. The smallest absolute Gasteiger partial charge is 0.341 e. The Morgan fingerprint density at radius 2 is 1.93 bits per heavy atom. The molecule has 29 heavy (non-hydrogen) atoms. The van der Waals surface area contributed by atoms with Crippen molar-refractivity contribution in [2.24, 2.45) is 0 Å². The SMILES string of the molecule is COc1ccc(-c2cccc(CNc3ccc(OCC(=O)O)c(F)c3)c2)c(C)c1. The molecule has 3 aromatic carbocycles. The van der Waals surface area contributed by atoms with Crippen LogP contribution in [0.5, 0.6) is 11.5 Å². The molecule has 150 valence electrons. The van der Waals surface area contributed by atoms with Gasteiger partial charge in [0.2, 0.25) is 0 Å². The molecule has 0 amide bonds. The molecule has 3 rings (SSSR count). The highest BCUT2D eigenvalue weighted by Crippen LogP contribution is 2.28. The number of hydrogen-bond donors (Lipinski definition) is 2. The van der Waals surface area contributed by atoms with Crippen LogP contribution in [0.2, 0.25) is 0 Å². The number of aliphatic carboxylic acids is 1. The summed E-state index contributed by atoms with van der Waals surface area (Å²) >= 11 is 0. The van der Waals surface area contributed by atoms with Gasteiger partial charge in [0.1, 0.15) is 5.75 Å². The summed E-state index contributed by atoms with van der Waals surface area (Å²) in [5.74, 6) is -1.03. The van der Waals surface area contributed by atoms with Gasteiger partial charge >= 0.3 is 5.97 Å². The average Bonchev–Trinajstić information content (AvgIpc) is 2.71. The van der Waals surface area contributed by atoms with Gasteiger partial charge < -0.3 is 19.9 Å². The first-order valence-corrected chi connectivity index (χ1v) is 9.08. The number of carboxylic acid groups (broad SMARTS) is 1. The quantitative estimate of drug-likeness (QED) is 0.569. The molecular weight excluding hydrogens is 373 g/mol. The zero-order valence-electron chi connectivity index (χ0n) is 16.2. The minimum Gasteiger partial charge on any atom is -0.497 e. The molecule has 0 spiro atoms. The number of ether oxygens (including phenoxy) is 2. The molecule has 0 saturated carbocycles. The van der Waals surface area contributed by atoms with Crippen molar-refractivity contribution in [1.29, 1.82) is 0 Å². The maximum atomic E-state index is 14.0. The molecule has 0 aliphatic rings. The van der Waals surface area contributed by atoms with Crippen LogP contribution >= 0.6 is 0 Å². The zero-order chi connectivity index (χ0) is 20.8. The Hall–Kier alpha value is -3.54. The molecule has 0 saturated heterocycles. The number of hydrogen-bond acceptors (Lipinski definition) is 4. The number of methoxy groups -OCH3 is 1. The summed E-state index contributed by atoms with van der Waals surface area (Å²) in [7, 11) is 1.65. The number of benzene rings is 3. The van der Waals surface area contributed by atoms with E-state index in [9.17, 15) is 9.18 Å². The van der Waals surface area contributed by atoms with Gasteiger partial charge in [-0.3, -0.25) is 0 Å². The Labute approximate surface area is 168 Å². The van der Waals surface area contributed by atoms with Crippen LogP contribution in [0.4, 0.5) is 10.1 Å². The van der Waals surface area contributed by atoms with Gasteiger partial charge in [0.25, 0.3) is 0 Å². The predicted molar refractivity (Wildman–Crippen MR) is 110 cm³/mol. The highest BCUT2D eigenvalue weighted by atomic mass is 19.1. The van der Waals surface area contributed by atoms with Crippen molar-refractivity contribution in [3.63, 3.8) is 0 Å². The molecule has 0 atom stereocenters. The molecule has 6 heteroatoms. The van der Waals surface area contributed by atoms with Crippen LogP contribution in [0.15, 0.2) is 60.7 Å². The molecule has 0 unspecified atom stereocenters. The lowest BCUT2D eigenvalue weighted by Crippen LogP contribution is -2.10. The van der Waals surface area contributed by atoms with Crippen molar-refractivity contribution < 1.29 is 23.8 Å². The van der Waals surface area contributed by atoms with Crippen molar-refractivity contribution >= 4 is 11.7 Å². The standard InChI is InChI=1S/C23H22FNO4/c1-15-10-19(28-2)7-8-20(15)17-5-3-4-16(11-17)13-25-18-6-9-22(21(24)12-18)29-14-23(26)27/h3-12,25H,13-14H2,1-2H3,(H,26,27). The first kappa shape index (κ1) is 20.2. The summed E-state index contributed by atoms with van der Waals surface area (Å²) in [6.45, 7) is 1.97. The van der Waals surface area contributed by atoms with E-state index in [0.717, 1.165) is 28.0 Å². The number of nitrogens with one attached hydrogen (secondary N) is 1. The third-order valence-corrected chi connectivity index (χ3v) is 4.45. The lowest BCUT2D eigenvalue weighted by atomic mass is 9.98. The summed E-state index contributed by atoms with van der Waals surface area (Å²) in [5.41, 5.74) is 4.96. The molecule has 0 aromatic heterocycles. The topological polar surface area (TPSA) is 67.8 Å². The van der Waals surface area contributed by atoms with Crippen molar-refractivity contribution in [2.75, 3.05) is 19.0 Å². The van der Waals surface area contributed by atoms with Crippen LogP contribution in [0.3, 0.4) is 0 Å². The second-order valence-electron chi connectivity index (χ2n) is 6.56. The second kappa shape index (κ2) is 9.10. The highest BCUT2D eigenvalue weighted by molar-refractivity contribution is 5.69. The summed E-state index contributed by atoms with van der Waals surface area (Å²) in [6.07, 6.45) is 0. The lowest BCUT2D eigenvalue weighted by molar-refractivity contribution is -0.139. The molecule has 3 aromatic rings. The van der Waals surface area contributed by atoms with E-state index < -0.39 is 18.4 Å². The van der Waals surface area contributed by atoms with Crippen LogP contribution < -0.4 is 14.8 Å². The fourth-order valence-corrected chi connectivity index (χ4v) is 3.01. The van der Waals surface area contributed by atoms with Crippen molar-refractivity contribution in [3.05, 3.63) is 77.6 Å². The van der Waals surface area contributed by atoms with Crippen molar-refractivity contribution in [1.82, 2.24) is 0 Å². The summed E-state index contributed by atoms with van der Waals surface area (Å²) in [6, 6.07) is 18.4. The van der Waals surface area contributed by atoms with Gasteiger partial charge in [-0.1, -0.05) is 24.3 Å². The Balaban J connectivity index is 1.70. The van der Waals surface area contributed by atoms with Crippen LogP contribution in [-0.2, 0) is 11.3 Å². The molecule has 0 aliphatic heterocycles. The van der Waals surface area contributed by atoms with Crippen LogP contribution in [-0.4, -0.2) is 24.8 Å². The maximum absolute atomic E-state index is 14.0. The van der Waals surface area contributed by atoms with E-state index in [1.807, 2.05) is 43.3 Å². The van der Waals surface area contributed by atoms with E-state index >= 15 is 0 Å². The number of rotatable bonds is 8. The van der Waals surface area contributed by atoms with Gasteiger partial charge in [0.05, 0.1) is 7.11 Å². The summed E-state index contributed by atoms with van der Waals surface area (Å²) in [4.78, 5) is 10.5. The average molecular weight is 395 g/mol. The summed E-state index contributed by atoms with van der Waals surface area (Å²) < 4.78 is 24.2. The van der Waals surface area contributed by atoms with Gasteiger partial charge in [0, 0.05) is 18.3 Å². The van der Waals surface area contributed by atoms with Gasteiger partial charge in [-0.05, 0) is 59.5 Å². The molecule has 2 N–H and O–H groups in total. The fourth-order valence-electron chi connectivity index (χ4n) is 3.01. The minimum atomic E-state index is -1.15. The molecule has 0 heterocycles. The third kappa shape index (κ3) is 5.25.